The van der Waals surface area contributed by atoms with Gasteiger partial charge in [-0.1, -0.05) is 25.1 Å². The van der Waals surface area contributed by atoms with Crippen LogP contribution in [0.4, 0.5) is 0 Å². The lowest BCUT2D eigenvalue weighted by atomic mass is 9.97. The molecule has 1 aliphatic rings. The Morgan fingerprint density at radius 3 is 2.96 bits per heavy atom. The third-order valence-electron chi connectivity index (χ3n) is 4.63. The molecular weight excluding hydrogens is 302 g/mol. The van der Waals surface area contributed by atoms with Crippen molar-refractivity contribution >= 4 is 11.6 Å². The van der Waals surface area contributed by atoms with Gasteiger partial charge >= 0.3 is 0 Å². The molecular formula is C19H19N3O2. The third-order valence-corrected chi connectivity index (χ3v) is 4.63. The Morgan fingerprint density at radius 1 is 1.25 bits per heavy atom. The van der Waals surface area contributed by atoms with Crippen LogP contribution in [0.25, 0.3) is 5.65 Å². The lowest BCUT2D eigenvalue weighted by molar-refractivity contribution is 0.0945. The molecule has 3 aromatic rings. The Labute approximate surface area is 140 Å². The molecule has 0 bridgehead atoms. The van der Waals surface area contributed by atoms with E-state index in [4.69, 9.17) is 4.74 Å². The van der Waals surface area contributed by atoms with E-state index in [9.17, 15) is 4.79 Å². The summed E-state index contributed by atoms with van der Waals surface area (Å²) in [5.74, 6) is 0.876. The van der Waals surface area contributed by atoms with Gasteiger partial charge in [-0.25, -0.2) is 4.98 Å². The molecule has 2 unspecified atom stereocenters. The maximum Gasteiger partial charge on any atom is 0.255 e. The number of para-hydroxylation sites is 1. The number of amides is 1. The highest BCUT2D eigenvalue weighted by atomic mass is 16.5. The first-order chi connectivity index (χ1) is 11.6. The van der Waals surface area contributed by atoms with Crippen molar-refractivity contribution < 1.29 is 9.53 Å². The minimum Gasteiger partial charge on any atom is -0.489 e. The van der Waals surface area contributed by atoms with E-state index in [1.165, 1.54) is 0 Å². The van der Waals surface area contributed by atoms with Crippen LogP contribution in [0.15, 0.2) is 48.8 Å². The van der Waals surface area contributed by atoms with Gasteiger partial charge in [0.25, 0.3) is 5.91 Å². The van der Waals surface area contributed by atoms with E-state index in [0.29, 0.717) is 23.8 Å². The fourth-order valence-corrected chi connectivity index (χ4v) is 3.10. The molecule has 0 fully saturated rings. The van der Waals surface area contributed by atoms with Crippen LogP contribution in [0.5, 0.6) is 5.75 Å². The minimum atomic E-state index is -0.134. The number of hydrogen-bond donors (Lipinski definition) is 1. The number of nitrogens with one attached hydrogen (secondary N) is 1. The maximum atomic E-state index is 12.6. The topological polar surface area (TPSA) is 55.6 Å². The number of ether oxygens (including phenoxy) is 1. The van der Waals surface area contributed by atoms with E-state index >= 15 is 0 Å². The summed E-state index contributed by atoms with van der Waals surface area (Å²) < 4.78 is 7.83. The highest BCUT2D eigenvalue weighted by molar-refractivity contribution is 5.97. The minimum absolute atomic E-state index is 0.0902. The van der Waals surface area contributed by atoms with Crippen LogP contribution in [0.2, 0.25) is 0 Å². The van der Waals surface area contributed by atoms with Crippen molar-refractivity contribution in [3.63, 3.8) is 0 Å². The lowest BCUT2D eigenvalue weighted by Crippen LogP contribution is -2.23. The molecule has 5 heteroatoms. The predicted molar refractivity (Wildman–Crippen MR) is 91.3 cm³/mol. The van der Waals surface area contributed by atoms with Crippen LogP contribution in [0, 0.1) is 0 Å². The fourth-order valence-electron chi connectivity index (χ4n) is 3.10. The van der Waals surface area contributed by atoms with Crippen LogP contribution in [0.1, 0.15) is 41.4 Å². The molecule has 1 aliphatic heterocycles. The van der Waals surface area contributed by atoms with Crippen molar-refractivity contribution in [1.29, 1.82) is 0 Å². The van der Waals surface area contributed by atoms with E-state index in [2.05, 4.69) is 17.2 Å². The van der Waals surface area contributed by atoms with Crippen molar-refractivity contribution in [3.05, 3.63) is 65.6 Å². The van der Waals surface area contributed by atoms with Crippen molar-refractivity contribution in [2.24, 2.45) is 0 Å². The average molecular weight is 321 g/mol. The zero-order valence-corrected chi connectivity index (χ0v) is 13.7. The molecule has 0 radical (unpaired) electrons. The molecule has 0 spiro atoms. The molecule has 1 N–H and O–H groups in total. The third kappa shape index (κ3) is 2.42. The molecule has 0 aliphatic carbocycles. The summed E-state index contributed by atoms with van der Waals surface area (Å²) in [5, 5.41) is 2.94. The quantitative estimate of drug-likeness (QED) is 0.806. The lowest BCUT2D eigenvalue weighted by Gasteiger charge is -2.09. The summed E-state index contributed by atoms with van der Waals surface area (Å²) >= 11 is 0. The Morgan fingerprint density at radius 2 is 2.12 bits per heavy atom. The SMILES string of the molecule is CC1Oc2c(C(=O)NCc3cn4ccccc4n3)cccc2C1C. The number of hydrogen-bond acceptors (Lipinski definition) is 3. The van der Waals surface area contributed by atoms with E-state index in [0.717, 1.165) is 16.9 Å². The molecule has 1 amide bonds. The van der Waals surface area contributed by atoms with Gasteiger partial charge in [0.2, 0.25) is 0 Å². The van der Waals surface area contributed by atoms with Gasteiger partial charge in [0, 0.05) is 23.9 Å². The summed E-state index contributed by atoms with van der Waals surface area (Å²) in [6.07, 6.45) is 3.95. The molecule has 122 valence electrons. The number of carbonyl (C=O) groups is 1. The fraction of sp³-hybridized carbons (Fsp3) is 0.263. The highest BCUT2D eigenvalue weighted by Crippen LogP contribution is 2.40. The number of aromatic nitrogens is 2. The van der Waals surface area contributed by atoms with Gasteiger partial charge in [0.15, 0.2) is 0 Å². The van der Waals surface area contributed by atoms with Crippen LogP contribution in [0.3, 0.4) is 0 Å². The monoisotopic (exact) mass is 321 g/mol. The maximum absolute atomic E-state index is 12.6. The van der Waals surface area contributed by atoms with Crippen LogP contribution in [-0.2, 0) is 6.54 Å². The largest absolute Gasteiger partial charge is 0.489 e. The molecule has 24 heavy (non-hydrogen) atoms. The van der Waals surface area contributed by atoms with Crippen molar-refractivity contribution in [2.45, 2.75) is 32.4 Å². The summed E-state index contributed by atoms with van der Waals surface area (Å²) in [6, 6.07) is 11.6. The molecule has 4 rings (SSSR count). The van der Waals surface area contributed by atoms with Crippen molar-refractivity contribution in [2.75, 3.05) is 0 Å². The highest BCUT2D eigenvalue weighted by Gasteiger charge is 2.30. The molecule has 5 nitrogen and oxygen atoms in total. The van der Waals surface area contributed by atoms with Gasteiger partial charge in [-0.05, 0) is 25.1 Å². The Kier molecular flexibility index (Phi) is 3.49. The first-order valence-corrected chi connectivity index (χ1v) is 8.14. The number of nitrogens with zero attached hydrogens (tertiary/aromatic N) is 2. The number of rotatable bonds is 3. The first-order valence-electron chi connectivity index (χ1n) is 8.14. The molecule has 0 saturated heterocycles. The zero-order valence-electron chi connectivity index (χ0n) is 13.7. The number of imidazole rings is 1. The molecule has 1 aromatic carbocycles. The van der Waals surface area contributed by atoms with Crippen molar-refractivity contribution in [1.82, 2.24) is 14.7 Å². The van der Waals surface area contributed by atoms with Crippen LogP contribution >= 0.6 is 0 Å². The Balaban J connectivity index is 1.53. The summed E-state index contributed by atoms with van der Waals surface area (Å²) in [7, 11) is 0. The van der Waals surface area contributed by atoms with Gasteiger partial charge in [-0.3, -0.25) is 4.79 Å². The number of benzene rings is 1. The van der Waals surface area contributed by atoms with E-state index in [-0.39, 0.29) is 12.0 Å². The van der Waals surface area contributed by atoms with Gasteiger partial charge in [0.1, 0.15) is 17.5 Å². The molecule has 3 heterocycles. The average Bonchev–Trinajstić information content (AvgIpc) is 3.14. The standard InChI is InChI=1S/C19H19N3O2/c1-12-13(2)24-18-15(12)6-5-7-16(18)19(23)20-10-14-11-22-9-4-3-8-17(22)21-14/h3-9,11-13H,10H2,1-2H3,(H,20,23). The van der Waals surface area contributed by atoms with Crippen molar-refractivity contribution in [3.8, 4) is 5.75 Å². The van der Waals surface area contributed by atoms with Gasteiger partial charge in [-0.15, -0.1) is 0 Å². The van der Waals surface area contributed by atoms with Gasteiger partial charge < -0.3 is 14.5 Å². The first kappa shape index (κ1) is 14.8. The number of fused-ring (bicyclic) bond motifs is 2. The number of pyridine rings is 1. The van der Waals surface area contributed by atoms with E-state index in [1.54, 1.807) is 0 Å². The summed E-state index contributed by atoms with van der Waals surface area (Å²) in [5.41, 5.74) is 3.38. The summed E-state index contributed by atoms with van der Waals surface area (Å²) in [4.78, 5) is 17.1. The molecule has 2 aromatic heterocycles. The smallest absolute Gasteiger partial charge is 0.255 e. The second-order valence-corrected chi connectivity index (χ2v) is 6.22. The van der Waals surface area contributed by atoms with E-state index < -0.39 is 0 Å². The van der Waals surface area contributed by atoms with Gasteiger partial charge in [0.05, 0.1) is 17.8 Å². The molecule has 2 atom stereocenters. The second kappa shape index (κ2) is 5.67. The summed E-state index contributed by atoms with van der Waals surface area (Å²) in [6.45, 7) is 4.53. The second-order valence-electron chi connectivity index (χ2n) is 6.22. The normalized spacial score (nSPS) is 19.1. The van der Waals surface area contributed by atoms with Crippen LogP contribution < -0.4 is 10.1 Å². The number of carbonyl (C=O) groups excluding carboxylic acids is 1. The Hall–Kier alpha value is -2.82. The Bertz CT molecular complexity index is 883. The zero-order chi connectivity index (χ0) is 16.7. The van der Waals surface area contributed by atoms with E-state index in [1.807, 2.05) is 60.1 Å². The molecule has 0 saturated carbocycles. The van der Waals surface area contributed by atoms with Crippen LogP contribution in [-0.4, -0.2) is 21.4 Å². The predicted octanol–water partition coefficient (Wildman–Crippen LogP) is 3.15. The van der Waals surface area contributed by atoms with Gasteiger partial charge in [-0.2, -0.15) is 0 Å².